The van der Waals surface area contributed by atoms with Crippen LogP contribution >= 0.6 is 0 Å². The molecule has 2 fully saturated rings. The van der Waals surface area contributed by atoms with Crippen LogP contribution in [-0.2, 0) is 4.74 Å². The average Bonchev–Trinajstić information content (AvgIpc) is 3.16. The zero-order valence-corrected chi connectivity index (χ0v) is 9.96. The Morgan fingerprint density at radius 1 is 1.50 bits per heavy atom. The fourth-order valence-corrected chi connectivity index (χ4v) is 2.21. The molecule has 0 radical (unpaired) electrons. The van der Waals surface area contributed by atoms with Crippen LogP contribution in [0.1, 0.15) is 25.7 Å². The molecule has 2 aliphatic carbocycles. The van der Waals surface area contributed by atoms with Gasteiger partial charge in [0.25, 0.3) is 0 Å². The zero-order chi connectivity index (χ0) is 11.4. The molecule has 0 amide bonds. The van der Waals surface area contributed by atoms with Crippen LogP contribution in [0.3, 0.4) is 0 Å². The topological polar surface area (TPSA) is 71.7 Å². The van der Waals surface area contributed by atoms with Crippen molar-refractivity contribution in [3.05, 3.63) is 0 Å². The minimum atomic E-state index is 0.533. The zero-order valence-electron chi connectivity index (χ0n) is 9.96. The van der Waals surface area contributed by atoms with Gasteiger partial charge in [0.1, 0.15) is 0 Å². The predicted molar refractivity (Wildman–Crippen MR) is 63.9 cm³/mol. The second-order valence-corrected chi connectivity index (χ2v) is 4.87. The fraction of sp³-hybridized carbons (Fsp3) is 0.909. The highest BCUT2D eigenvalue weighted by Crippen LogP contribution is 2.61. The van der Waals surface area contributed by atoms with Crippen molar-refractivity contribution in [3.63, 3.8) is 0 Å². The van der Waals surface area contributed by atoms with Crippen LogP contribution in [0.4, 0.5) is 0 Å². The minimum absolute atomic E-state index is 0.533. The number of hydrazine groups is 1. The summed E-state index contributed by atoms with van der Waals surface area (Å²) in [7, 11) is 1.68. The summed E-state index contributed by atoms with van der Waals surface area (Å²) < 4.78 is 4.96. The van der Waals surface area contributed by atoms with E-state index in [2.05, 4.69) is 15.7 Å². The van der Waals surface area contributed by atoms with Gasteiger partial charge in [-0.2, -0.15) is 0 Å². The Hall–Kier alpha value is -0.810. The number of rotatable bonds is 6. The monoisotopic (exact) mass is 226 g/mol. The summed E-state index contributed by atoms with van der Waals surface area (Å²) in [6.07, 6.45) is 5.49. The van der Waals surface area contributed by atoms with Crippen molar-refractivity contribution in [3.8, 4) is 0 Å². The molecule has 4 N–H and O–H groups in total. The van der Waals surface area contributed by atoms with E-state index in [1.165, 1.54) is 25.7 Å². The lowest BCUT2D eigenvalue weighted by atomic mass is 10.0. The molecule has 2 aliphatic rings. The van der Waals surface area contributed by atoms with Crippen molar-refractivity contribution in [1.29, 1.82) is 0 Å². The van der Waals surface area contributed by atoms with E-state index in [0.29, 0.717) is 18.0 Å². The van der Waals surface area contributed by atoms with E-state index >= 15 is 0 Å². The molecule has 5 nitrogen and oxygen atoms in total. The third-order valence-electron chi connectivity index (χ3n) is 3.62. The molecule has 0 heterocycles. The van der Waals surface area contributed by atoms with Gasteiger partial charge in [0.05, 0.1) is 6.61 Å². The van der Waals surface area contributed by atoms with E-state index in [1.54, 1.807) is 7.11 Å². The first-order chi connectivity index (χ1) is 7.80. The number of hydrogen-bond donors (Lipinski definition) is 3. The van der Waals surface area contributed by atoms with E-state index in [9.17, 15) is 0 Å². The van der Waals surface area contributed by atoms with Crippen LogP contribution in [0.5, 0.6) is 0 Å². The van der Waals surface area contributed by atoms with Crippen LogP contribution in [0.25, 0.3) is 0 Å². The molecule has 0 aromatic carbocycles. The molecule has 0 unspecified atom stereocenters. The highest BCUT2D eigenvalue weighted by Gasteiger charge is 2.53. The molecular formula is C11H22N4O. The first-order valence-electron chi connectivity index (χ1n) is 6.04. The Bertz CT molecular complexity index is 259. The maximum atomic E-state index is 5.41. The molecule has 0 bridgehead atoms. The smallest absolute Gasteiger partial charge is 0.205 e. The molecular weight excluding hydrogens is 204 g/mol. The van der Waals surface area contributed by atoms with E-state index in [1.807, 2.05) is 0 Å². The molecule has 2 rings (SSSR count). The highest BCUT2D eigenvalue weighted by atomic mass is 16.5. The second kappa shape index (κ2) is 5.01. The first kappa shape index (κ1) is 11.7. The van der Waals surface area contributed by atoms with Gasteiger partial charge < -0.3 is 10.1 Å². The number of guanidine groups is 1. The second-order valence-electron chi connectivity index (χ2n) is 4.87. The normalized spacial score (nSPS) is 23.0. The maximum Gasteiger partial charge on any atom is 0.205 e. The van der Waals surface area contributed by atoms with Crippen LogP contribution in [0.2, 0.25) is 0 Å². The fourth-order valence-electron chi connectivity index (χ4n) is 2.21. The summed E-state index contributed by atoms with van der Waals surface area (Å²) in [6.45, 7) is 2.31. The Kier molecular flexibility index (Phi) is 3.66. The maximum absolute atomic E-state index is 5.41. The third kappa shape index (κ3) is 2.86. The molecule has 0 atom stereocenters. The highest BCUT2D eigenvalue weighted by molar-refractivity contribution is 5.79. The van der Waals surface area contributed by atoms with Crippen molar-refractivity contribution in [2.75, 3.05) is 26.8 Å². The summed E-state index contributed by atoms with van der Waals surface area (Å²) in [5.41, 5.74) is 3.14. The van der Waals surface area contributed by atoms with Gasteiger partial charge in [0, 0.05) is 20.2 Å². The molecule has 92 valence electrons. The van der Waals surface area contributed by atoms with E-state index in [4.69, 9.17) is 10.6 Å². The summed E-state index contributed by atoms with van der Waals surface area (Å²) >= 11 is 0. The van der Waals surface area contributed by atoms with Crippen molar-refractivity contribution in [2.45, 2.75) is 25.7 Å². The van der Waals surface area contributed by atoms with Crippen LogP contribution in [0, 0.1) is 11.3 Å². The number of nitrogens with one attached hydrogen (secondary N) is 2. The summed E-state index contributed by atoms with van der Waals surface area (Å²) in [5.74, 6) is 7.04. The van der Waals surface area contributed by atoms with Gasteiger partial charge >= 0.3 is 0 Å². The van der Waals surface area contributed by atoms with Crippen LogP contribution < -0.4 is 16.6 Å². The lowest BCUT2D eigenvalue weighted by Crippen LogP contribution is -2.43. The number of aliphatic imine (C=N–C) groups is 1. The van der Waals surface area contributed by atoms with Gasteiger partial charge in [-0.05, 0) is 37.0 Å². The van der Waals surface area contributed by atoms with Gasteiger partial charge in [0.2, 0.25) is 5.96 Å². The molecule has 2 saturated carbocycles. The van der Waals surface area contributed by atoms with Crippen molar-refractivity contribution in [1.82, 2.24) is 10.7 Å². The third-order valence-corrected chi connectivity index (χ3v) is 3.62. The predicted octanol–water partition coefficient (Wildman–Crippen LogP) is 0.232. The lowest BCUT2D eigenvalue weighted by molar-refractivity contribution is 0.203. The number of nitrogens with two attached hydrogens (primary N) is 1. The molecule has 0 saturated heterocycles. The molecule has 5 heteroatoms. The minimum Gasteiger partial charge on any atom is -0.383 e. The standard InChI is InChI=1S/C11H22N4O/c1-16-7-6-13-10(15-12)14-8-11(4-5-11)9-2-3-9/h9H,2-8,12H2,1H3,(H2,13,14,15). The van der Waals surface area contributed by atoms with Gasteiger partial charge in [-0.1, -0.05) is 0 Å². The molecule has 0 aliphatic heterocycles. The SMILES string of the molecule is COCCNC(=NCC1(C2CC2)CC1)NN. The van der Waals surface area contributed by atoms with Crippen LogP contribution in [-0.4, -0.2) is 32.8 Å². The number of hydrogen-bond acceptors (Lipinski definition) is 3. The van der Waals surface area contributed by atoms with E-state index in [-0.39, 0.29) is 0 Å². The molecule has 0 aromatic heterocycles. The summed E-state index contributed by atoms with van der Waals surface area (Å²) in [5, 5.41) is 3.12. The Labute approximate surface area is 96.8 Å². The molecule has 0 aromatic rings. The molecule has 16 heavy (non-hydrogen) atoms. The van der Waals surface area contributed by atoms with Gasteiger partial charge in [-0.3, -0.25) is 10.4 Å². The lowest BCUT2D eigenvalue weighted by Gasteiger charge is -2.13. The first-order valence-corrected chi connectivity index (χ1v) is 6.04. The van der Waals surface area contributed by atoms with Crippen molar-refractivity contribution in [2.24, 2.45) is 22.2 Å². The van der Waals surface area contributed by atoms with E-state index < -0.39 is 0 Å². The molecule has 0 spiro atoms. The van der Waals surface area contributed by atoms with Crippen LogP contribution in [0.15, 0.2) is 4.99 Å². The van der Waals surface area contributed by atoms with Gasteiger partial charge in [-0.15, -0.1) is 0 Å². The van der Waals surface area contributed by atoms with Gasteiger partial charge in [0.15, 0.2) is 0 Å². The largest absolute Gasteiger partial charge is 0.383 e. The number of ether oxygens (including phenoxy) is 1. The summed E-state index contributed by atoms with van der Waals surface area (Å²) in [6, 6.07) is 0. The average molecular weight is 226 g/mol. The Morgan fingerprint density at radius 2 is 2.25 bits per heavy atom. The quantitative estimate of drug-likeness (QED) is 0.199. The summed E-state index contributed by atoms with van der Waals surface area (Å²) in [4.78, 5) is 4.52. The number of methoxy groups -OCH3 is 1. The Balaban J connectivity index is 1.74. The van der Waals surface area contributed by atoms with E-state index in [0.717, 1.165) is 19.0 Å². The van der Waals surface area contributed by atoms with Crippen molar-refractivity contribution >= 4 is 5.96 Å². The van der Waals surface area contributed by atoms with Gasteiger partial charge in [-0.25, -0.2) is 5.84 Å². The van der Waals surface area contributed by atoms with Crippen molar-refractivity contribution < 1.29 is 4.74 Å². The Morgan fingerprint density at radius 3 is 2.75 bits per heavy atom. The number of nitrogens with zero attached hydrogens (tertiary/aromatic N) is 1.